The highest BCUT2D eigenvalue weighted by molar-refractivity contribution is 5.69. The second-order valence-corrected chi connectivity index (χ2v) is 5.64. The molecule has 0 radical (unpaired) electrons. The Morgan fingerprint density at radius 1 is 1.00 bits per heavy atom. The van der Waals surface area contributed by atoms with E-state index in [1.165, 1.54) is 0 Å². The summed E-state index contributed by atoms with van der Waals surface area (Å²) >= 11 is 0. The first-order valence-corrected chi connectivity index (χ1v) is 8.84. The average Bonchev–Trinajstić information content (AvgIpc) is 3.10. The van der Waals surface area contributed by atoms with Crippen molar-refractivity contribution in [1.82, 2.24) is 19.4 Å². The number of nitrogens with one attached hydrogen (secondary N) is 1. The molecule has 0 aliphatic heterocycles. The third kappa shape index (κ3) is 3.72. The van der Waals surface area contributed by atoms with Gasteiger partial charge in [-0.3, -0.25) is 9.38 Å². The van der Waals surface area contributed by atoms with Crippen molar-refractivity contribution in [2.24, 2.45) is 0 Å². The van der Waals surface area contributed by atoms with Gasteiger partial charge in [0.15, 0.2) is 11.5 Å². The number of hydrogen-bond acceptors (Lipinski definition) is 4. The molecule has 132 valence electrons. The van der Waals surface area contributed by atoms with E-state index >= 15 is 0 Å². The molecule has 26 heavy (non-hydrogen) atoms. The summed E-state index contributed by atoms with van der Waals surface area (Å²) in [4.78, 5) is 13.3. The van der Waals surface area contributed by atoms with Crippen LogP contribution in [0.2, 0.25) is 0 Å². The molecule has 0 saturated heterocycles. The molecular formula is C21H23N5. The van der Waals surface area contributed by atoms with E-state index in [-0.39, 0.29) is 0 Å². The van der Waals surface area contributed by atoms with E-state index in [1.54, 1.807) is 12.4 Å². The molecule has 0 spiro atoms. The predicted octanol–water partition coefficient (Wildman–Crippen LogP) is 4.74. The molecule has 0 aliphatic carbocycles. The van der Waals surface area contributed by atoms with E-state index < -0.39 is 0 Å². The number of fused-ring (bicyclic) bond motifs is 1. The molecule has 0 saturated carbocycles. The minimum Gasteiger partial charge on any atom is -0.363 e. The Labute approximate surface area is 153 Å². The van der Waals surface area contributed by atoms with Gasteiger partial charge in [-0.15, -0.1) is 0 Å². The largest absolute Gasteiger partial charge is 0.363 e. The smallest absolute Gasteiger partial charge is 0.180 e. The van der Waals surface area contributed by atoms with E-state index in [9.17, 15) is 0 Å². The van der Waals surface area contributed by atoms with Crippen molar-refractivity contribution in [1.29, 1.82) is 0 Å². The standard InChI is InChI=1S/C19H17N5.C2H6/c1-14-11-22-19-18(21-12-15-7-9-20-10-8-15)23-17(13-24(14)19)16-5-3-2-4-6-16;1-2/h2-11,13H,12H2,1H3,(H,21,23);1-2H3. The molecule has 4 rings (SSSR count). The summed E-state index contributed by atoms with van der Waals surface area (Å²) in [6.07, 6.45) is 7.48. The first kappa shape index (κ1) is 17.6. The van der Waals surface area contributed by atoms with Crippen LogP contribution >= 0.6 is 0 Å². The van der Waals surface area contributed by atoms with Crippen molar-refractivity contribution in [2.45, 2.75) is 27.3 Å². The Kier molecular flexibility index (Phi) is 5.59. The number of aromatic nitrogens is 4. The molecule has 5 heteroatoms. The van der Waals surface area contributed by atoms with Gasteiger partial charge in [0.25, 0.3) is 0 Å². The van der Waals surface area contributed by atoms with Gasteiger partial charge >= 0.3 is 0 Å². The van der Waals surface area contributed by atoms with Gasteiger partial charge < -0.3 is 5.32 Å². The zero-order valence-electron chi connectivity index (χ0n) is 15.3. The van der Waals surface area contributed by atoms with E-state index in [4.69, 9.17) is 4.98 Å². The molecular weight excluding hydrogens is 322 g/mol. The Bertz CT molecular complexity index is 962. The zero-order chi connectivity index (χ0) is 18.4. The lowest BCUT2D eigenvalue weighted by atomic mass is 10.2. The van der Waals surface area contributed by atoms with Gasteiger partial charge in [0.1, 0.15) is 0 Å². The minimum atomic E-state index is 0.676. The number of imidazole rings is 1. The molecule has 0 amide bonds. The molecule has 0 fully saturated rings. The number of pyridine rings is 1. The van der Waals surface area contributed by atoms with Crippen LogP contribution in [0, 0.1) is 6.92 Å². The summed E-state index contributed by atoms with van der Waals surface area (Å²) in [5.41, 5.74) is 5.07. The summed E-state index contributed by atoms with van der Waals surface area (Å²) < 4.78 is 2.07. The van der Waals surface area contributed by atoms with Crippen LogP contribution in [0.1, 0.15) is 25.1 Å². The molecule has 3 heterocycles. The maximum absolute atomic E-state index is 4.79. The summed E-state index contributed by atoms with van der Waals surface area (Å²) in [7, 11) is 0. The number of aryl methyl sites for hydroxylation is 1. The number of anilines is 1. The van der Waals surface area contributed by atoms with E-state index in [0.29, 0.717) is 6.54 Å². The third-order valence-corrected chi connectivity index (χ3v) is 3.96. The van der Waals surface area contributed by atoms with Crippen LogP contribution in [0.4, 0.5) is 5.82 Å². The predicted molar refractivity (Wildman–Crippen MR) is 106 cm³/mol. The average molecular weight is 345 g/mol. The molecule has 1 N–H and O–H groups in total. The molecule has 0 unspecified atom stereocenters. The van der Waals surface area contributed by atoms with Gasteiger partial charge in [-0.05, 0) is 24.6 Å². The number of benzene rings is 1. The molecule has 4 aromatic rings. The number of hydrogen-bond donors (Lipinski definition) is 1. The van der Waals surface area contributed by atoms with E-state index in [1.807, 2.05) is 63.5 Å². The fraction of sp³-hybridized carbons (Fsp3) is 0.190. The van der Waals surface area contributed by atoms with Gasteiger partial charge in [0.05, 0.1) is 5.69 Å². The SMILES string of the molecule is CC.Cc1cnc2c(NCc3ccncc3)nc(-c3ccccc3)cn12. The molecule has 3 aromatic heterocycles. The lowest BCUT2D eigenvalue weighted by Crippen LogP contribution is -2.05. The third-order valence-electron chi connectivity index (χ3n) is 3.96. The summed E-state index contributed by atoms with van der Waals surface area (Å²) in [6, 6.07) is 14.1. The number of nitrogens with zero attached hydrogens (tertiary/aromatic N) is 4. The maximum Gasteiger partial charge on any atom is 0.180 e. The van der Waals surface area contributed by atoms with Crippen molar-refractivity contribution in [2.75, 3.05) is 5.32 Å². The summed E-state index contributed by atoms with van der Waals surface area (Å²) in [6.45, 7) is 6.72. The first-order chi connectivity index (χ1) is 12.8. The highest BCUT2D eigenvalue weighted by atomic mass is 15.1. The van der Waals surface area contributed by atoms with Crippen molar-refractivity contribution < 1.29 is 0 Å². The van der Waals surface area contributed by atoms with Gasteiger partial charge in [-0.2, -0.15) is 0 Å². The fourth-order valence-corrected chi connectivity index (χ4v) is 2.66. The van der Waals surface area contributed by atoms with Crippen LogP contribution in [0.15, 0.2) is 67.3 Å². The van der Waals surface area contributed by atoms with Gasteiger partial charge in [-0.25, -0.2) is 9.97 Å². The van der Waals surface area contributed by atoms with Crippen molar-refractivity contribution in [3.8, 4) is 11.3 Å². The lowest BCUT2D eigenvalue weighted by molar-refractivity contribution is 1.05. The van der Waals surface area contributed by atoms with Gasteiger partial charge in [0.2, 0.25) is 0 Å². The monoisotopic (exact) mass is 345 g/mol. The first-order valence-electron chi connectivity index (χ1n) is 8.84. The molecule has 0 bridgehead atoms. The second-order valence-electron chi connectivity index (χ2n) is 5.64. The normalized spacial score (nSPS) is 10.3. The Hall–Kier alpha value is -3.21. The Morgan fingerprint density at radius 2 is 1.73 bits per heavy atom. The highest BCUT2D eigenvalue weighted by Gasteiger charge is 2.10. The Morgan fingerprint density at radius 3 is 2.46 bits per heavy atom. The molecule has 0 aliphatic rings. The molecule has 5 nitrogen and oxygen atoms in total. The fourth-order valence-electron chi connectivity index (χ4n) is 2.66. The van der Waals surface area contributed by atoms with Crippen LogP contribution in [0.5, 0.6) is 0 Å². The molecule has 1 aromatic carbocycles. The van der Waals surface area contributed by atoms with Crippen LogP contribution in [0.3, 0.4) is 0 Å². The van der Waals surface area contributed by atoms with Crippen LogP contribution < -0.4 is 5.32 Å². The van der Waals surface area contributed by atoms with Gasteiger partial charge in [-0.1, -0.05) is 44.2 Å². The van der Waals surface area contributed by atoms with Crippen molar-refractivity contribution in [3.05, 3.63) is 78.5 Å². The van der Waals surface area contributed by atoms with Crippen LogP contribution in [-0.4, -0.2) is 19.4 Å². The van der Waals surface area contributed by atoms with Gasteiger partial charge in [0, 0.05) is 42.6 Å². The Balaban J connectivity index is 0.000000948. The molecule has 0 atom stereocenters. The summed E-state index contributed by atoms with van der Waals surface area (Å²) in [5.74, 6) is 0.779. The maximum atomic E-state index is 4.79. The van der Waals surface area contributed by atoms with E-state index in [0.717, 1.165) is 34.0 Å². The van der Waals surface area contributed by atoms with Crippen LogP contribution in [0.25, 0.3) is 16.9 Å². The van der Waals surface area contributed by atoms with Crippen molar-refractivity contribution in [3.63, 3.8) is 0 Å². The lowest BCUT2D eigenvalue weighted by Gasteiger charge is -2.10. The summed E-state index contributed by atoms with van der Waals surface area (Å²) in [5, 5.41) is 3.41. The van der Waals surface area contributed by atoms with Crippen molar-refractivity contribution >= 4 is 11.5 Å². The zero-order valence-corrected chi connectivity index (χ0v) is 15.3. The van der Waals surface area contributed by atoms with Crippen LogP contribution in [-0.2, 0) is 6.54 Å². The second kappa shape index (κ2) is 8.25. The highest BCUT2D eigenvalue weighted by Crippen LogP contribution is 2.23. The topological polar surface area (TPSA) is 55.1 Å². The number of rotatable bonds is 4. The quantitative estimate of drug-likeness (QED) is 0.580. The van der Waals surface area contributed by atoms with E-state index in [2.05, 4.69) is 31.8 Å². The minimum absolute atomic E-state index is 0.676.